The fourth-order valence-electron chi connectivity index (χ4n) is 4.52. The molecule has 0 radical (unpaired) electrons. The van der Waals surface area contributed by atoms with Crippen LogP contribution in [0.4, 0.5) is 4.79 Å². The molecule has 38 heavy (non-hydrogen) atoms. The third kappa shape index (κ3) is 6.00. The minimum atomic E-state index is -0.486. The monoisotopic (exact) mass is 513 g/mol. The van der Waals surface area contributed by atoms with E-state index in [9.17, 15) is 9.59 Å². The van der Waals surface area contributed by atoms with Gasteiger partial charge in [-0.3, -0.25) is 4.79 Å². The van der Waals surface area contributed by atoms with Crippen LogP contribution in [0.25, 0.3) is 11.5 Å². The first-order chi connectivity index (χ1) is 18.6. The highest BCUT2D eigenvalue weighted by atomic mass is 16.6. The number of hydrogen-bond donors (Lipinski definition) is 0. The zero-order valence-electron chi connectivity index (χ0n) is 20.9. The average molecular weight is 514 g/mol. The molecule has 0 bridgehead atoms. The van der Waals surface area contributed by atoms with Crippen LogP contribution in [0.2, 0.25) is 0 Å². The van der Waals surface area contributed by atoms with E-state index < -0.39 is 12.0 Å². The maximum Gasteiger partial charge on any atom is 0.415 e. The highest BCUT2D eigenvalue weighted by molar-refractivity contribution is 5.77. The van der Waals surface area contributed by atoms with Crippen molar-refractivity contribution >= 4 is 12.1 Å². The van der Waals surface area contributed by atoms with Crippen molar-refractivity contribution in [1.29, 1.82) is 0 Å². The largest absolute Gasteiger partial charge is 0.485 e. The standard InChI is InChI=1S/C29H27N3O6/c1-35-28(33)25-18-32(29(34)37-23-12-6-3-7-13-23)17-22(25)15-20-9-8-14-24(16-20)36-19-26-30-27(38-31-26)21-10-4-2-5-11-21/h2-14,16,22,25H,15,17-19H2,1H3/t22-,25+/m1/s1. The van der Waals surface area contributed by atoms with E-state index in [1.807, 2.05) is 60.7 Å². The van der Waals surface area contributed by atoms with Crippen LogP contribution < -0.4 is 9.47 Å². The molecule has 1 saturated heterocycles. The Hall–Kier alpha value is -4.66. The predicted octanol–water partition coefficient (Wildman–Crippen LogP) is 4.78. The van der Waals surface area contributed by atoms with Crippen molar-refractivity contribution < 1.29 is 28.3 Å². The van der Waals surface area contributed by atoms with Gasteiger partial charge in [-0.1, -0.05) is 53.7 Å². The minimum Gasteiger partial charge on any atom is -0.485 e. The van der Waals surface area contributed by atoms with E-state index in [1.165, 1.54) is 7.11 Å². The zero-order chi connectivity index (χ0) is 26.3. The Kier molecular flexibility index (Phi) is 7.63. The van der Waals surface area contributed by atoms with Crippen LogP contribution in [-0.4, -0.2) is 47.3 Å². The summed E-state index contributed by atoms with van der Waals surface area (Å²) in [6.45, 7) is 0.759. The van der Waals surface area contributed by atoms with Gasteiger partial charge in [-0.25, -0.2) is 4.79 Å². The van der Waals surface area contributed by atoms with E-state index in [0.717, 1.165) is 11.1 Å². The summed E-state index contributed by atoms with van der Waals surface area (Å²) < 4.78 is 21.7. The highest BCUT2D eigenvalue weighted by Crippen LogP contribution is 2.30. The molecule has 3 aromatic carbocycles. The summed E-state index contributed by atoms with van der Waals surface area (Å²) >= 11 is 0. The van der Waals surface area contributed by atoms with E-state index in [4.69, 9.17) is 18.7 Å². The molecule has 0 aliphatic carbocycles. The first-order valence-electron chi connectivity index (χ1n) is 12.3. The molecule has 0 saturated carbocycles. The first-order valence-corrected chi connectivity index (χ1v) is 12.3. The van der Waals surface area contributed by atoms with E-state index in [0.29, 0.717) is 36.2 Å². The van der Waals surface area contributed by atoms with E-state index in [-0.39, 0.29) is 25.0 Å². The van der Waals surface area contributed by atoms with E-state index >= 15 is 0 Å². The van der Waals surface area contributed by atoms with Gasteiger partial charge in [0, 0.05) is 18.7 Å². The Bertz CT molecular complexity index is 1380. The number of rotatable bonds is 8. The van der Waals surface area contributed by atoms with Crippen LogP contribution in [0.1, 0.15) is 11.4 Å². The summed E-state index contributed by atoms with van der Waals surface area (Å²) in [6.07, 6.45) is 0.0755. The summed E-state index contributed by atoms with van der Waals surface area (Å²) in [5.74, 6) is 1.03. The number of benzene rings is 3. The molecule has 1 aromatic heterocycles. The maximum absolute atomic E-state index is 12.7. The van der Waals surface area contributed by atoms with Crippen molar-refractivity contribution in [3.63, 3.8) is 0 Å². The van der Waals surface area contributed by atoms with Crippen LogP contribution >= 0.6 is 0 Å². The third-order valence-electron chi connectivity index (χ3n) is 6.40. The molecular formula is C29H27N3O6. The lowest BCUT2D eigenvalue weighted by Gasteiger charge is -2.16. The van der Waals surface area contributed by atoms with Gasteiger partial charge in [0.15, 0.2) is 6.61 Å². The van der Waals surface area contributed by atoms with Crippen molar-refractivity contribution in [3.8, 4) is 23.0 Å². The third-order valence-corrected chi connectivity index (χ3v) is 6.40. The van der Waals surface area contributed by atoms with Gasteiger partial charge in [-0.05, 0) is 54.3 Å². The Morgan fingerprint density at radius 1 is 0.947 bits per heavy atom. The number of aromatic nitrogens is 2. The molecule has 2 atom stereocenters. The number of esters is 1. The second-order valence-electron chi connectivity index (χ2n) is 9.00. The molecule has 5 rings (SSSR count). The van der Waals surface area contributed by atoms with Crippen molar-refractivity contribution in [3.05, 3.63) is 96.3 Å². The average Bonchev–Trinajstić information content (AvgIpc) is 3.60. The zero-order valence-corrected chi connectivity index (χ0v) is 20.9. The number of likely N-dealkylation sites (tertiary alicyclic amines) is 1. The lowest BCUT2D eigenvalue weighted by atomic mass is 9.89. The maximum atomic E-state index is 12.7. The van der Waals surface area contributed by atoms with Gasteiger partial charge in [0.2, 0.25) is 5.82 Å². The molecule has 1 fully saturated rings. The molecule has 4 aromatic rings. The topological polar surface area (TPSA) is 104 Å². The summed E-state index contributed by atoms with van der Waals surface area (Å²) in [6, 6.07) is 26.0. The predicted molar refractivity (Wildman–Crippen MR) is 137 cm³/mol. The molecule has 1 aliphatic rings. The normalized spacial score (nSPS) is 16.7. The number of methoxy groups -OCH3 is 1. The number of carbonyl (C=O) groups is 2. The Labute approximate surface area is 219 Å². The lowest BCUT2D eigenvalue weighted by Crippen LogP contribution is -2.32. The molecule has 9 nitrogen and oxygen atoms in total. The number of hydrogen-bond acceptors (Lipinski definition) is 8. The van der Waals surface area contributed by atoms with Crippen LogP contribution in [0, 0.1) is 11.8 Å². The second kappa shape index (κ2) is 11.6. The van der Waals surface area contributed by atoms with Gasteiger partial charge in [-0.2, -0.15) is 4.98 Å². The molecule has 194 valence electrons. The molecule has 0 unspecified atom stereocenters. The second-order valence-corrected chi connectivity index (χ2v) is 9.00. The SMILES string of the molecule is COC(=O)[C@H]1CN(C(=O)Oc2ccccc2)C[C@H]1Cc1cccc(OCc2noc(-c3ccccc3)n2)c1. The van der Waals surface area contributed by atoms with Crippen LogP contribution in [0.3, 0.4) is 0 Å². The molecule has 1 aliphatic heterocycles. The summed E-state index contributed by atoms with van der Waals surface area (Å²) in [5, 5.41) is 3.99. The molecule has 9 heteroatoms. The Morgan fingerprint density at radius 3 is 2.45 bits per heavy atom. The van der Waals surface area contributed by atoms with Crippen molar-refractivity contribution in [2.45, 2.75) is 13.0 Å². The van der Waals surface area contributed by atoms with Gasteiger partial charge < -0.3 is 23.6 Å². The molecule has 0 spiro atoms. The lowest BCUT2D eigenvalue weighted by molar-refractivity contribution is -0.146. The van der Waals surface area contributed by atoms with Crippen molar-refractivity contribution in [1.82, 2.24) is 15.0 Å². The number of carbonyl (C=O) groups excluding carboxylic acids is 2. The number of ether oxygens (including phenoxy) is 3. The van der Waals surface area contributed by atoms with E-state index in [1.54, 1.807) is 29.2 Å². The number of para-hydroxylation sites is 1. The van der Waals surface area contributed by atoms with E-state index in [2.05, 4.69) is 10.1 Å². The molecule has 1 amide bonds. The van der Waals surface area contributed by atoms with Gasteiger partial charge in [0.1, 0.15) is 11.5 Å². The highest BCUT2D eigenvalue weighted by Gasteiger charge is 2.41. The molecule has 0 N–H and O–H groups in total. The minimum absolute atomic E-state index is 0.133. The van der Waals surface area contributed by atoms with Gasteiger partial charge in [-0.15, -0.1) is 0 Å². The van der Waals surface area contributed by atoms with Crippen LogP contribution in [-0.2, 0) is 22.6 Å². The van der Waals surface area contributed by atoms with Gasteiger partial charge in [0.25, 0.3) is 5.89 Å². The quantitative estimate of drug-likeness (QED) is 0.310. The Morgan fingerprint density at radius 2 is 1.68 bits per heavy atom. The fraction of sp³-hybridized carbons (Fsp3) is 0.241. The smallest absolute Gasteiger partial charge is 0.415 e. The molecular weight excluding hydrogens is 486 g/mol. The van der Waals surface area contributed by atoms with Gasteiger partial charge >= 0.3 is 12.1 Å². The van der Waals surface area contributed by atoms with Crippen molar-refractivity contribution in [2.75, 3.05) is 20.2 Å². The summed E-state index contributed by atoms with van der Waals surface area (Å²) in [5.41, 5.74) is 1.81. The summed E-state index contributed by atoms with van der Waals surface area (Å²) in [4.78, 5) is 31.2. The number of amides is 1. The summed E-state index contributed by atoms with van der Waals surface area (Å²) in [7, 11) is 1.36. The number of nitrogens with zero attached hydrogens (tertiary/aromatic N) is 3. The Balaban J connectivity index is 1.22. The molecule has 2 heterocycles. The van der Waals surface area contributed by atoms with Gasteiger partial charge in [0.05, 0.1) is 13.0 Å². The van der Waals surface area contributed by atoms with Crippen LogP contribution in [0.15, 0.2) is 89.5 Å². The van der Waals surface area contributed by atoms with Crippen LogP contribution in [0.5, 0.6) is 11.5 Å². The van der Waals surface area contributed by atoms with Crippen molar-refractivity contribution in [2.24, 2.45) is 11.8 Å². The fourth-order valence-corrected chi connectivity index (χ4v) is 4.52. The first kappa shape index (κ1) is 25.0.